The summed E-state index contributed by atoms with van der Waals surface area (Å²) >= 11 is 7.43. The van der Waals surface area contributed by atoms with Gasteiger partial charge in [-0.3, -0.25) is 14.5 Å². The zero-order chi connectivity index (χ0) is 22.0. The van der Waals surface area contributed by atoms with Gasteiger partial charge in [0.15, 0.2) is 10.6 Å². The van der Waals surface area contributed by atoms with Crippen LogP contribution in [0.1, 0.15) is 27.7 Å². The molecular weight excluding hydrogens is 448 g/mol. The SMILES string of the molecule is O=C1c2oc3ccccc3c(=O)c2C(c2cccc(O)c2)N1c1nc2ccc(Cl)cc2s1. The second-order valence-electron chi connectivity index (χ2n) is 7.45. The molecule has 0 saturated heterocycles. The first-order valence-electron chi connectivity index (χ1n) is 9.75. The number of fused-ring (bicyclic) bond motifs is 3. The number of phenols is 1. The van der Waals surface area contributed by atoms with Crippen LogP contribution in [0.15, 0.2) is 75.9 Å². The maximum absolute atomic E-state index is 13.6. The first kappa shape index (κ1) is 19.0. The average Bonchev–Trinajstić information content (AvgIpc) is 3.32. The molecule has 1 aliphatic rings. The highest BCUT2D eigenvalue weighted by molar-refractivity contribution is 7.22. The van der Waals surface area contributed by atoms with Gasteiger partial charge in [0.2, 0.25) is 5.76 Å². The van der Waals surface area contributed by atoms with Crippen LogP contribution in [0.25, 0.3) is 21.2 Å². The first-order valence-corrected chi connectivity index (χ1v) is 10.9. The number of hydrogen-bond donors (Lipinski definition) is 1. The Bertz CT molecular complexity index is 1620. The zero-order valence-corrected chi connectivity index (χ0v) is 17.9. The third-order valence-electron chi connectivity index (χ3n) is 5.51. The predicted octanol–water partition coefficient (Wildman–Crippen LogP) is 5.51. The maximum Gasteiger partial charge on any atom is 0.297 e. The fourth-order valence-corrected chi connectivity index (χ4v) is 5.38. The summed E-state index contributed by atoms with van der Waals surface area (Å²) in [7, 11) is 0. The number of aromatic hydroxyl groups is 1. The van der Waals surface area contributed by atoms with Gasteiger partial charge in [-0.2, -0.15) is 0 Å². The molecule has 6 rings (SSSR count). The van der Waals surface area contributed by atoms with Crippen LogP contribution in [0, 0.1) is 0 Å². The minimum absolute atomic E-state index is 0.0145. The number of anilines is 1. The van der Waals surface area contributed by atoms with Crippen molar-refractivity contribution in [2.45, 2.75) is 6.04 Å². The Hall–Kier alpha value is -3.68. The van der Waals surface area contributed by atoms with Gasteiger partial charge in [-0.1, -0.05) is 47.2 Å². The number of hydrogen-bond acceptors (Lipinski definition) is 6. The Labute approximate surface area is 189 Å². The maximum atomic E-state index is 13.6. The number of halogens is 1. The number of nitrogens with zero attached hydrogens (tertiary/aromatic N) is 2. The van der Waals surface area contributed by atoms with Crippen LogP contribution in [0.3, 0.4) is 0 Å². The lowest BCUT2D eigenvalue weighted by Crippen LogP contribution is -2.29. The normalized spacial score (nSPS) is 15.6. The zero-order valence-electron chi connectivity index (χ0n) is 16.3. The molecule has 3 aromatic carbocycles. The third-order valence-corrected chi connectivity index (χ3v) is 6.76. The molecule has 0 fully saturated rings. The predicted molar refractivity (Wildman–Crippen MR) is 124 cm³/mol. The number of para-hydroxylation sites is 1. The highest BCUT2D eigenvalue weighted by atomic mass is 35.5. The lowest BCUT2D eigenvalue weighted by atomic mass is 9.98. The van der Waals surface area contributed by atoms with E-state index in [1.165, 1.54) is 22.3 Å². The van der Waals surface area contributed by atoms with E-state index in [9.17, 15) is 14.7 Å². The van der Waals surface area contributed by atoms with Gasteiger partial charge in [0.05, 0.1) is 27.2 Å². The van der Waals surface area contributed by atoms with Gasteiger partial charge in [0, 0.05) is 5.02 Å². The van der Waals surface area contributed by atoms with Crippen LogP contribution in [0.2, 0.25) is 5.02 Å². The number of carbonyl (C=O) groups excluding carboxylic acids is 1. The first-order chi connectivity index (χ1) is 15.5. The largest absolute Gasteiger partial charge is 0.508 e. The van der Waals surface area contributed by atoms with E-state index >= 15 is 0 Å². The summed E-state index contributed by atoms with van der Waals surface area (Å²) in [6, 6.07) is 17.9. The van der Waals surface area contributed by atoms with E-state index in [1.807, 2.05) is 0 Å². The summed E-state index contributed by atoms with van der Waals surface area (Å²) in [5.41, 5.74) is 1.57. The van der Waals surface area contributed by atoms with Crippen LogP contribution in [-0.4, -0.2) is 16.0 Å². The molecule has 32 heavy (non-hydrogen) atoms. The van der Waals surface area contributed by atoms with E-state index in [4.69, 9.17) is 16.0 Å². The van der Waals surface area contributed by atoms with Crippen molar-refractivity contribution in [3.05, 3.63) is 98.9 Å². The summed E-state index contributed by atoms with van der Waals surface area (Å²) in [6.45, 7) is 0. The fourth-order valence-electron chi connectivity index (χ4n) is 4.12. The van der Waals surface area contributed by atoms with Gasteiger partial charge in [0.25, 0.3) is 5.91 Å². The Morgan fingerprint density at radius 3 is 2.72 bits per heavy atom. The summed E-state index contributed by atoms with van der Waals surface area (Å²) in [5.74, 6) is -0.440. The molecule has 1 aliphatic heterocycles. The van der Waals surface area contributed by atoms with Crippen molar-refractivity contribution in [1.29, 1.82) is 0 Å². The van der Waals surface area contributed by atoms with Crippen molar-refractivity contribution >= 4 is 55.2 Å². The minimum Gasteiger partial charge on any atom is -0.508 e. The van der Waals surface area contributed by atoms with Crippen molar-refractivity contribution in [3.63, 3.8) is 0 Å². The van der Waals surface area contributed by atoms with Crippen molar-refractivity contribution in [2.24, 2.45) is 0 Å². The quantitative estimate of drug-likeness (QED) is 0.375. The van der Waals surface area contributed by atoms with Gasteiger partial charge in [-0.25, -0.2) is 4.98 Å². The number of thiazole rings is 1. The standard InChI is InChI=1S/C24H13ClN2O4S/c25-13-8-9-16-18(11-13)32-24(26-16)27-20(12-4-3-5-14(28)10-12)19-21(29)15-6-1-2-7-17(15)31-22(19)23(27)30/h1-11,20,28H. The molecule has 8 heteroatoms. The minimum atomic E-state index is -0.790. The fraction of sp³-hybridized carbons (Fsp3) is 0.0417. The van der Waals surface area contributed by atoms with E-state index in [1.54, 1.807) is 60.7 Å². The van der Waals surface area contributed by atoms with E-state index in [0.717, 1.165) is 4.70 Å². The van der Waals surface area contributed by atoms with E-state index < -0.39 is 11.9 Å². The summed E-state index contributed by atoms with van der Waals surface area (Å²) in [4.78, 5) is 33.2. The Morgan fingerprint density at radius 1 is 1.03 bits per heavy atom. The van der Waals surface area contributed by atoms with Gasteiger partial charge >= 0.3 is 0 Å². The van der Waals surface area contributed by atoms with E-state index in [0.29, 0.717) is 32.2 Å². The molecule has 3 heterocycles. The highest BCUT2D eigenvalue weighted by Gasteiger charge is 2.45. The molecule has 1 N–H and O–H groups in total. The molecule has 0 bridgehead atoms. The number of carbonyl (C=O) groups is 1. The third kappa shape index (κ3) is 2.75. The Balaban J connectivity index is 1.65. The molecule has 0 spiro atoms. The van der Waals surface area contributed by atoms with Gasteiger partial charge < -0.3 is 9.52 Å². The monoisotopic (exact) mass is 460 g/mol. The topological polar surface area (TPSA) is 83.6 Å². The van der Waals surface area contributed by atoms with Crippen molar-refractivity contribution < 1.29 is 14.3 Å². The molecule has 0 aliphatic carbocycles. The number of aromatic nitrogens is 1. The number of benzene rings is 3. The average molecular weight is 461 g/mol. The highest BCUT2D eigenvalue weighted by Crippen LogP contribution is 2.44. The van der Waals surface area contributed by atoms with Gasteiger partial charge in [-0.15, -0.1) is 0 Å². The lowest BCUT2D eigenvalue weighted by molar-refractivity contribution is 0.0971. The van der Waals surface area contributed by atoms with Crippen molar-refractivity contribution in [3.8, 4) is 5.75 Å². The number of phenolic OH excluding ortho intramolecular Hbond substituents is 1. The molecule has 1 amide bonds. The number of amides is 1. The van der Waals surface area contributed by atoms with Crippen molar-refractivity contribution in [1.82, 2.24) is 4.98 Å². The summed E-state index contributed by atoms with van der Waals surface area (Å²) in [5, 5.41) is 11.5. The Morgan fingerprint density at radius 2 is 1.88 bits per heavy atom. The smallest absolute Gasteiger partial charge is 0.297 e. The molecule has 1 atom stereocenters. The molecular formula is C24H13ClN2O4S. The van der Waals surface area contributed by atoms with E-state index in [2.05, 4.69) is 4.98 Å². The molecule has 5 aromatic rings. The van der Waals surface area contributed by atoms with Crippen LogP contribution in [0.5, 0.6) is 5.75 Å². The molecule has 156 valence electrons. The van der Waals surface area contributed by atoms with Crippen molar-refractivity contribution in [2.75, 3.05) is 4.90 Å². The summed E-state index contributed by atoms with van der Waals surface area (Å²) < 4.78 is 6.74. The van der Waals surface area contributed by atoms with E-state index in [-0.39, 0.29) is 22.5 Å². The molecule has 1 unspecified atom stereocenters. The number of rotatable bonds is 2. The van der Waals surface area contributed by atoms with Crippen LogP contribution >= 0.6 is 22.9 Å². The molecule has 2 aromatic heterocycles. The van der Waals surface area contributed by atoms with Crippen LogP contribution < -0.4 is 10.3 Å². The summed E-state index contributed by atoms with van der Waals surface area (Å²) in [6.07, 6.45) is 0. The molecule has 0 saturated carbocycles. The van der Waals surface area contributed by atoms with Crippen LogP contribution in [-0.2, 0) is 0 Å². The van der Waals surface area contributed by atoms with Gasteiger partial charge in [0.1, 0.15) is 11.3 Å². The van der Waals surface area contributed by atoms with Crippen LogP contribution in [0.4, 0.5) is 5.13 Å². The molecule has 0 radical (unpaired) electrons. The second kappa shape index (κ2) is 6.91. The van der Waals surface area contributed by atoms with Gasteiger partial charge in [-0.05, 0) is 48.0 Å². The second-order valence-corrected chi connectivity index (χ2v) is 8.90. The Kier molecular flexibility index (Phi) is 4.11. The molecule has 6 nitrogen and oxygen atoms in total. The lowest BCUT2D eigenvalue weighted by Gasteiger charge is -2.22.